The van der Waals surface area contributed by atoms with E-state index in [1.54, 1.807) is 24.5 Å². The number of aromatic nitrogens is 1. The molecule has 1 atom stereocenters. The third kappa shape index (κ3) is 4.62. The molecular formula is C30H30N4O4S. The molecule has 1 saturated heterocycles. The van der Waals surface area contributed by atoms with Gasteiger partial charge in [0.15, 0.2) is 10.7 Å². The Hall–Kier alpha value is -3.95. The summed E-state index contributed by atoms with van der Waals surface area (Å²) in [6, 6.07) is 17.1. The molecule has 0 saturated carbocycles. The number of nitrogens with zero attached hydrogens (tertiary/aromatic N) is 4. The van der Waals surface area contributed by atoms with Gasteiger partial charge in [0, 0.05) is 38.3 Å². The second kappa shape index (κ2) is 10.3. The summed E-state index contributed by atoms with van der Waals surface area (Å²) in [6.45, 7) is 7.55. The van der Waals surface area contributed by atoms with Crippen molar-refractivity contribution in [1.82, 2.24) is 9.47 Å². The lowest BCUT2D eigenvalue weighted by atomic mass is 9.91. The molecule has 0 N–H and O–H groups in total. The van der Waals surface area contributed by atoms with Crippen LogP contribution in [-0.2, 0) is 9.53 Å². The number of benzene rings is 2. The Labute approximate surface area is 229 Å². The minimum absolute atomic E-state index is 0.219. The van der Waals surface area contributed by atoms with Crippen LogP contribution in [0.2, 0.25) is 0 Å². The van der Waals surface area contributed by atoms with Crippen LogP contribution < -0.4 is 19.8 Å². The molecule has 1 unspecified atom stereocenters. The monoisotopic (exact) mass is 542 g/mol. The summed E-state index contributed by atoms with van der Waals surface area (Å²) >= 11 is 1.30. The van der Waals surface area contributed by atoms with Gasteiger partial charge < -0.3 is 19.0 Å². The van der Waals surface area contributed by atoms with Crippen molar-refractivity contribution in [2.45, 2.75) is 19.9 Å². The number of hydrogen-bond donors (Lipinski definition) is 0. The average Bonchev–Trinajstić information content (AvgIpc) is 3.52. The molecule has 2 aromatic carbocycles. The van der Waals surface area contributed by atoms with Gasteiger partial charge in [-0.15, -0.1) is 0 Å². The van der Waals surface area contributed by atoms with Crippen molar-refractivity contribution in [2.75, 3.05) is 44.7 Å². The molecule has 200 valence electrons. The van der Waals surface area contributed by atoms with Gasteiger partial charge in [-0.2, -0.15) is 0 Å². The van der Waals surface area contributed by atoms with E-state index < -0.39 is 12.0 Å². The molecular weight excluding hydrogens is 512 g/mol. The smallest absolute Gasteiger partial charge is 0.338 e. The normalized spacial score (nSPS) is 18.4. The fraction of sp³-hybridized carbons (Fsp3) is 0.300. The van der Waals surface area contributed by atoms with Crippen LogP contribution in [-0.4, -0.2) is 55.3 Å². The maximum Gasteiger partial charge on any atom is 0.338 e. The number of carbonyl (C=O) groups is 1. The van der Waals surface area contributed by atoms with Crippen LogP contribution in [0.25, 0.3) is 16.8 Å². The molecule has 6 rings (SSSR count). The number of fused-ring (bicyclic) bond motifs is 2. The maximum absolute atomic E-state index is 14.0. The van der Waals surface area contributed by atoms with E-state index in [9.17, 15) is 9.59 Å². The van der Waals surface area contributed by atoms with E-state index in [4.69, 9.17) is 14.1 Å². The summed E-state index contributed by atoms with van der Waals surface area (Å²) in [7, 11) is 2.12. The first-order valence-corrected chi connectivity index (χ1v) is 14.0. The molecule has 2 aliphatic heterocycles. The quantitative estimate of drug-likeness (QED) is 0.360. The Kier molecular flexibility index (Phi) is 6.70. The number of anilines is 1. The molecule has 4 aromatic rings. The number of rotatable bonds is 5. The van der Waals surface area contributed by atoms with Gasteiger partial charge >= 0.3 is 5.97 Å². The van der Waals surface area contributed by atoms with E-state index >= 15 is 0 Å². The Morgan fingerprint density at radius 2 is 1.87 bits per heavy atom. The molecule has 0 spiro atoms. The second-order valence-corrected chi connectivity index (χ2v) is 10.8. The fourth-order valence-electron chi connectivity index (χ4n) is 5.32. The summed E-state index contributed by atoms with van der Waals surface area (Å²) in [5.74, 6) is 0.947. The standard InChI is InChI=1S/C30H30N4O4S/c1-4-37-29(36)26-19(2)31-30-34(27(26)23-11-7-9-20-8-5-6-10-22(20)23)28(35)24(39-30)18-21-12-13-25(38-21)33-16-14-32(3)15-17-33/h5-13,18,27H,4,14-17H2,1-3H3. The van der Waals surface area contributed by atoms with Gasteiger partial charge in [0.05, 0.1) is 28.5 Å². The number of ether oxygens (including phenoxy) is 1. The van der Waals surface area contributed by atoms with Gasteiger partial charge in [-0.05, 0) is 43.3 Å². The number of allylic oxidation sites excluding steroid dienone is 1. The largest absolute Gasteiger partial charge is 0.463 e. The number of hydrogen-bond acceptors (Lipinski definition) is 8. The summed E-state index contributed by atoms with van der Waals surface area (Å²) in [5, 5.41) is 2.00. The Bertz CT molecular complexity index is 1770. The van der Waals surface area contributed by atoms with Crippen LogP contribution in [0.4, 0.5) is 5.88 Å². The van der Waals surface area contributed by atoms with Gasteiger partial charge in [0.2, 0.25) is 0 Å². The molecule has 2 aromatic heterocycles. The van der Waals surface area contributed by atoms with E-state index in [0.717, 1.165) is 48.4 Å². The van der Waals surface area contributed by atoms with Crippen molar-refractivity contribution >= 4 is 40.0 Å². The van der Waals surface area contributed by atoms with Crippen molar-refractivity contribution in [3.05, 3.63) is 96.9 Å². The molecule has 4 heterocycles. The average molecular weight is 543 g/mol. The van der Waals surface area contributed by atoms with E-state index in [1.165, 1.54) is 11.3 Å². The van der Waals surface area contributed by atoms with Gasteiger partial charge in [-0.25, -0.2) is 9.79 Å². The van der Waals surface area contributed by atoms with Crippen LogP contribution in [0.1, 0.15) is 31.2 Å². The van der Waals surface area contributed by atoms with E-state index in [2.05, 4.69) is 16.8 Å². The van der Waals surface area contributed by atoms with Gasteiger partial charge in [0.1, 0.15) is 5.76 Å². The van der Waals surface area contributed by atoms with Crippen LogP contribution in [0, 0.1) is 0 Å². The SMILES string of the molecule is CCOC(=O)C1=C(C)N=c2sc(=Cc3ccc(N4CCN(C)CC4)o3)c(=O)n2C1c1cccc2ccccc12. The third-order valence-corrected chi connectivity index (χ3v) is 8.32. The lowest BCUT2D eigenvalue weighted by Gasteiger charge is -2.32. The highest BCUT2D eigenvalue weighted by atomic mass is 32.1. The summed E-state index contributed by atoms with van der Waals surface area (Å²) < 4.78 is 13.7. The minimum atomic E-state index is -0.661. The van der Waals surface area contributed by atoms with Gasteiger partial charge in [-0.3, -0.25) is 9.36 Å². The second-order valence-electron chi connectivity index (χ2n) is 9.84. The predicted molar refractivity (Wildman–Crippen MR) is 153 cm³/mol. The highest BCUT2D eigenvalue weighted by Crippen LogP contribution is 2.34. The lowest BCUT2D eigenvalue weighted by molar-refractivity contribution is -0.139. The Morgan fingerprint density at radius 3 is 2.67 bits per heavy atom. The Balaban J connectivity index is 1.48. The van der Waals surface area contributed by atoms with Crippen molar-refractivity contribution in [3.63, 3.8) is 0 Å². The van der Waals surface area contributed by atoms with E-state index in [0.29, 0.717) is 26.4 Å². The van der Waals surface area contributed by atoms with Gasteiger partial charge in [-0.1, -0.05) is 53.8 Å². The van der Waals surface area contributed by atoms with Crippen LogP contribution in [0.15, 0.2) is 80.1 Å². The summed E-state index contributed by atoms with van der Waals surface area (Å²) in [4.78, 5) is 36.9. The van der Waals surface area contributed by atoms with Crippen LogP contribution in [0.3, 0.4) is 0 Å². The fourth-order valence-corrected chi connectivity index (χ4v) is 6.35. The summed E-state index contributed by atoms with van der Waals surface area (Å²) in [6.07, 6.45) is 1.77. The number of esters is 1. The third-order valence-electron chi connectivity index (χ3n) is 7.34. The molecule has 0 bridgehead atoms. The number of furan rings is 1. The highest BCUT2D eigenvalue weighted by molar-refractivity contribution is 7.07. The van der Waals surface area contributed by atoms with E-state index in [1.807, 2.05) is 54.6 Å². The van der Waals surface area contributed by atoms with Crippen LogP contribution in [0.5, 0.6) is 0 Å². The topological polar surface area (TPSA) is 80.3 Å². The van der Waals surface area contributed by atoms with Gasteiger partial charge in [0.25, 0.3) is 5.56 Å². The molecule has 9 heteroatoms. The highest BCUT2D eigenvalue weighted by Gasteiger charge is 2.34. The van der Waals surface area contributed by atoms with E-state index in [-0.39, 0.29) is 12.2 Å². The molecule has 39 heavy (non-hydrogen) atoms. The molecule has 0 aliphatic carbocycles. The maximum atomic E-state index is 14.0. The lowest BCUT2D eigenvalue weighted by Crippen LogP contribution is -2.44. The first-order chi connectivity index (χ1) is 18.9. The van der Waals surface area contributed by atoms with Crippen molar-refractivity contribution in [1.29, 1.82) is 0 Å². The zero-order valence-corrected chi connectivity index (χ0v) is 23.0. The summed E-state index contributed by atoms with van der Waals surface area (Å²) in [5.41, 5.74) is 1.56. The van der Waals surface area contributed by atoms with Crippen molar-refractivity contribution in [3.8, 4) is 0 Å². The molecule has 8 nitrogen and oxygen atoms in total. The first kappa shape index (κ1) is 25.3. The number of likely N-dealkylation sites (N-methyl/N-ethyl adjacent to an activating group) is 1. The zero-order valence-electron chi connectivity index (χ0n) is 22.2. The first-order valence-electron chi connectivity index (χ1n) is 13.1. The zero-order chi connectivity index (χ0) is 27.1. The Morgan fingerprint density at radius 1 is 1.10 bits per heavy atom. The van der Waals surface area contributed by atoms with Crippen molar-refractivity contribution < 1.29 is 13.9 Å². The number of carbonyl (C=O) groups excluding carboxylic acids is 1. The molecule has 2 aliphatic rings. The number of piperazine rings is 1. The van der Waals surface area contributed by atoms with Crippen molar-refractivity contribution in [2.24, 2.45) is 4.99 Å². The predicted octanol–water partition coefficient (Wildman–Crippen LogP) is 3.30. The van der Waals surface area contributed by atoms with Crippen LogP contribution >= 0.6 is 11.3 Å². The molecule has 0 amide bonds. The molecule has 0 radical (unpaired) electrons. The number of thiazole rings is 1. The minimum Gasteiger partial charge on any atom is -0.463 e. The molecule has 1 fully saturated rings.